The van der Waals surface area contributed by atoms with Gasteiger partial charge in [0.2, 0.25) is 10.0 Å². The second-order valence-electron chi connectivity index (χ2n) is 8.21. The monoisotopic (exact) mass is 422 g/mol. The van der Waals surface area contributed by atoms with E-state index in [9.17, 15) is 13.5 Å². The Bertz CT molecular complexity index is 1200. The van der Waals surface area contributed by atoms with Gasteiger partial charge in [-0.05, 0) is 66.3 Å². The molecule has 5 nitrogen and oxygen atoms in total. The van der Waals surface area contributed by atoms with Gasteiger partial charge in [0.25, 0.3) is 0 Å². The minimum Gasteiger partial charge on any atom is -0.508 e. The molecule has 2 aliphatic heterocycles. The van der Waals surface area contributed by atoms with Gasteiger partial charge in [-0.1, -0.05) is 30.3 Å². The van der Waals surface area contributed by atoms with E-state index in [1.807, 2.05) is 36.4 Å². The summed E-state index contributed by atoms with van der Waals surface area (Å²) in [6.07, 6.45) is 3.71. The lowest BCUT2D eigenvalue weighted by molar-refractivity contribution is 0.468. The first-order chi connectivity index (χ1) is 14.5. The number of fused-ring (bicyclic) bond motifs is 2. The fourth-order valence-electron chi connectivity index (χ4n) is 4.74. The SMILES string of the molecule is O=S(=O)(c1ccc2c(c1)CCCN2Cc1c(O)ccc2ccccc12)N1CCCC1. The fraction of sp³-hybridized carbons (Fsp3) is 0.333. The van der Waals surface area contributed by atoms with E-state index < -0.39 is 10.0 Å². The van der Waals surface area contributed by atoms with Crippen LogP contribution in [0.3, 0.4) is 0 Å². The topological polar surface area (TPSA) is 60.9 Å². The van der Waals surface area contributed by atoms with Crippen molar-refractivity contribution in [2.75, 3.05) is 24.5 Å². The molecule has 0 amide bonds. The zero-order valence-corrected chi connectivity index (χ0v) is 17.7. The molecule has 0 unspecified atom stereocenters. The summed E-state index contributed by atoms with van der Waals surface area (Å²) in [6, 6.07) is 17.3. The van der Waals surface area contributed by atoms with Crippen LogP contribution in [-0.4, -0.2) is 37.5 Å². The van der Waals surface area contributed by atoms with Crippen LogP contribution in [-0.2, 0) is 23.0 Å². The van der Waals surface area contributed by atoms with Gasteiger partial charge in [-0.15, -0.1) is 0 Å². The van der Waals surface area contributed by atoms with Gasteiger partial charge in [-0.2, -0.15) is 4.31 Å². The number of nitrogens with zero attached hydrogens (tertiary/aromatic N) is 2. The van der Waals surface area contributed by atoms with Crippen molar-refractivity contribution in [2.24, 2.45) is 0 Å². The second kappa shape index (κ2) is 7.60. The molecule has 156 valence electrons. The molecule has 0 bridgehead atoms. The molecule has 1 saturated heterocycles. The summed E-state index contributed by atoms with van der Waals surface area (Å²) in [5.74, 6) is 0.300. The number of aromatic hydroxyl groups is 1. The lowest BCUT2D eigenvalue weighted by Gasteiger charge is -2.32. The van der Waals surface area contributed by atoms with Gasteiger partial charge in [-0.3, -0.25) is 0 Å². The lowest BCUT2D eigenvalue weighted by atomic mass is 9.99. The zero-order chi connectivity index (χ0) is 20.7. The van der Waals surface area contributed by atoms with Crippen LogP contribution >= 0.6 is 0 Å². The molecule has 1 fully saturated rings. The number of phenolic OH excluding ortho intramolecular Hbond substituents is 1. The van der Waals surface area contributed by atoms with Gasteiger partial charge in [0, 0.05) is 37.4 Å². The molecule has 0 saturated carbocycles. The molecule has 3 aromatic carbocycles. The molecule has 0 atom stereocenters. The summed E-state index contributed by atoms with van der Waals surface area (Å²) in [7, 11) is -3.41. The van der Waals surface area contributed by atoms with Gasteiger partial charge in [0.1, 0.15) is 5.75 Å². The van der Waals surface area contributed by atoms with E-state index >= 15 is 0 Å². The third kappa shape index (κ3) is 3.34. The molecule has 0 aromatic heterocycles. The average molecular weight is 423 g/mol. The Hall–Kier alpha value is -2.57. The van der Waals surface area contributed by atoms with Gasteiger partial charge in [-0.25, -0.2) is 8.42 Å². The number of sulfonamides is 1. The lowest BCUT2D eigenvalue weighted by Crippen LogP contribution is -2.30. The van der Waals surface area contributed by atoms with Crippen LogP contribution in [0, 0.1) is 0 Å². The van der Waals surface area contributed by atoms with Crippen molar-refractivity contribution in [1.29, 1.82) is 0 Å². The summed E-state index contributed by atoms with van der Waals surface area (Å²) < 4.78 is 27.5. The number of aryl methyl sites for hydroxylation is 1. The summed E-state index contributed by atoms with van der Waals surface area (Å²) >= 11 is 0. The van der Waals surface area contributed by atoms with Crippen molar-refractivity contribution in [3.05, 3.63) is 65.7 Å². The van der Waals surface area contributed by atoms with E-state index in [0.29, 0.717) is 30.3 Å². The summed E-state index contributed by atoms with van der Waals surface area (Å²) in [4.78, 5) is 2.66. The molecular weight excluding hydrogens is 396 g/mol. The first-order valence-electron chi connectivity index (χ1n) is 10.6. The van der Waals surface area contributed by atoms with Crippen molar-refractivity contribution in [1.82, 2.24) is 4.31 Å². The van der Waals surface area contributed by atoms with Crippen molar-refractivity contribution in [3.8, 4) is 5.75 Å². The van der Waals surface area contributed by atoms with Gasteiger partial charge < -0.3 is 10.0 Å². The molecule has 5 rings (SSSR count). The number of hydrogen-bond donors (Lipinski definition) is 1. The highest BCUT2D eigenvalue weighted by atomic mass is 32.2. The maximum absolute atomic E-state index is 13.0. The number of benzene rings is 3. The number of hydrogen-bond acceptors (Lipinski definition) is 4. The van der Waals surface area contributed by atoms with E-state index in [0.717, 1.165) is 59.8 Å². The molecule has 0 aliphatic carbocycles. The van der Waals surface area contributed by atoms with Crippen LogP contribution in [0.2, 0.25) is 0 Å². The van der Waals surface area contributed by atoms with Crippen LogP contribution in [0.4, 0.5) is 5.69 Å². The normalized spacial score (nSPS) is 17.4. The first-order valence-corrected chi connectivity index (χ1v) is 12.1. The van der Waals surface area contributed by atoms with Crippen molar-refractivity contribution in [2.45, 2.75) is 37.1 Å². The second-order valence-corrected chi connectivity index (χ2v) is 10.1. The third-order valence-corrected chi connectivity index (χ3v) is 8.23. The molecule has 0 radical (unpaired) electrons. The predicted molar refractivity (Wildman–Crippen MR) is 119 cm³/mol. The molecule has 3 aromatic rings. The molecule has 2 heterocycles. The number of rotatable bonds is 4. The van der Waals surface area contributed by atoms with E-state index in [-0.39, 0.29) is 0 Å². The predicted octanol–water partition coefficient (Wildman–Crippen LogP) is 4.28. The summed E-state index contributed by atoms with van der Waals surface area (Å²) in [5.41, 5.74) is 3.05. The van der Waals surface area contributed by atoms with E-state index in [1.54, 1.807) is 16.4 Å². The quantitative estimate of drug-likeness (QED) is 0.682. The summed E-state index contributed by atoms with van der Waals surface area (Å²) in [6.45, 7) is 2.71. The first kappa shape index (κ1) is 19.4. The highest BCUT2D eigenvalue weighted by Crippen LogP contribution is 2.35. The highest BCUT2D eigenvalue weighted by Gasteiger charge is 2.29. The Kier molecular flexibility index (Phi) is 4.91. The third-order valence-electron chi connectivity index (χ3n) is 6.33. The molecular formula is C24H26N2O3S. The van der Waals surface area contributed by atoms with E-state index in [1.165, 1.54) is 0 Å². The van der Waals surface area contributed by atoms with Crippen molar-refractivity contribution in [3.63, 3.8) is 0 Å². The fourth-order valence-corrected chi connectivity index (χ4v) is 6.30. The van der Waals surface area contributed by atoms with E-state index in [2.05, 4.69) is 11.0 Å². The largest absolute Gasteiger partial charge is 0.508 e. The van der Waals surface area contributed by atoms with Gasteiger partial charge in [0.15, 0.2) is 0 Å². The number of phenols is 1. The number of anilines is 1. The van der Waals surface area contributed by atoms with E-state index in [4.69, 9.17) is 0 Å². The average Bonchev–Trinajstić information content (AvgIpc) is 3.31. The Balaban J connectivity index is 1.49. The molecule has 2 aliphatic rings. The van der Waals surface area contributed by atoms with Crippen LogP contribution in [0.5, 0.6) is 5.75 Å². The Morgan fingerprint density at radius 1 is 0.900 bits per heavy atom. The van der Waals surface area contributed by atoms with Crippen molar-refractivity contribution >= 4 is 26.5 Å². The van der Waals surface area contributed by atoms with Crippen LogP contribution < -0.4 is 4.90 Å². The zero-order valence-electron chi connectivity index (χ0n) is 16.9. The highest BCUT2D eigenvalue weighted by molar-refractivity contribution is 7.89. The van der Waals surface area contributed by atoms with Crippen LogP contribution in [0.25, 0.3) is 10.8 Å². The van der Waals surface area contributed by atoms with Crippen LogP contribution in [0.1, 0.15) is 30.4 Å². The maximum atomic E-state index is 13.0. The van der Waals surface area contributed by atoms with Gasteiger partial charge >= 0.3 is 0 Å². The molecule has 1 N–H and O–H groups in total. The minimum atomic E-state index is -3.41. The smallest absolute Gasteiger partial charge is 0.243 e. The minimum absolute atomic E-state index is 0.300. The van der Waals surface area contributed by atoms with Crippen LogP contribution in [0.15, 0.2) is 59.5 Å². The maximum Gasteiger partial charge on any atom is 0.243 e. The standard InChI is InChI=1S/C24H26N2O3S/c27-24-12-9-18-6-1-2-8-21(18)22(24)17-25-13-5-7-19-16-20(10-11-23(19)25)30(28,29)26-14-3-4-15-26/h1-2,6,8-12,16,27H,3-5,7,13-15,17H2. The molecule has 30 heavy (non-hydrogen) atoms. The Morgan fingerprint density at radius 3 is 2.53 bits per heavy atom. The molecule has 0 spiro atoms. The van der Waals surface area contributed by atoms with Crippen molar-refractivity contribution < 1.29 is 13.5 Å². The Morgan fingerprint density at radius 2 is 1.70 bits per heavy atom. The Labute approximate surface area is 177 Å². The van der Waals surface area contributed by atoms with Gasteiger partial charge in [0.05, 0.1) is 4.90 Å². The molecule has 6 heteroatoms. The summed E-state index contributed by atoms with van der Waals surface area (Å²) in [5, 5.41) is 12.7.